The maximum atomic E-state index is 13.3. The van der Waals surface area contributed by atoms with E-state index in [0.29, 0.717) is 17.6 Å². The molecule has 0 saturated heterocycles. The molecule has 3 aromatic carbocycles. The molecule has 8 nitrogen and oxygen atoms in total. The lowest BCUT2D eigenvalue weighted by Gasteiger charge is -2.15. The molecule has 0 atom stereocenters. The van der Waals surface area contributed by atoms with E-state index in [4.69, 9.17) is 0 Å². The number of fused-ring (bicyclic) bond motifs is 2. The van der Waals surface area contributed by atoms with E-state index >= 15 is 0 Å². The fraction of sp³-hybridized carbons (Fsp3) is 0.103. The Morgan fingerprint density at radius 1 is 0.921 bits per heavy atom. The number of hydrogen-bond acceptors (Lipinski definition) is 7. The first kappa shape index (κ1) is 23.7. The van der Waals surface area contributed by atoms with Crippen LogP contribution in [-0.2, 0) is 23.3 Å². The summed E-state index contributed by atoms with van der Waals surface area (Å²) in [6.07, 6.45) is 10.4. The standard InChI is InChI=1S/C29H24N6O2S/c1-35-12-8-21-6-7-22(14-27(21)35)24-15-23(16-26-29(24)33-11-10-32-26)34-25-4-2-3-5-28(25)38(36,37)13-9-20-17-30-19-31-18-20/h2-8,10-12,14-19,34H,9,13H2,1H3. The van der Waals surface area contributed by atoms with Gasteiger partial charge in [0.15, 0.2) is 9.84 Å². The van der Waals surface area contributed by atoms with Gasteiger partial charge in [-0.05, 0) is 59.3 Å². The molecule has 0 aliphatic rings. The van der Waals surface area contributed by atoms with Gasteiger partial charge in [-0.1, -0.05) is 24.3 Å². The molecule has 3 heterocycles. The van der Waals surface area contributed by atoms with E-state index in [0.717, 1.165) is 38.8 Å². The van der Waals surface area contributed by atoms with E-state index in [1.54, 1.807) is 43.0 Å². The monoisotopic (exact) mass is 520 g/mol. The zero-order chi connectivity index (χ0) is 26.1. The Morgan fingerprint density at radius 3 is 2.61 bits per heavy atom. The van der Waals surface area contributed by atoms with Crippen LogP contribution in [0.5, 0.6) is 0 Å². The second-order valence-electron chi connectivity index (χ2n) is 9.08. The Bertz CT molecular complexity index is 1880. The molecule has 0 aliphatic heterocycles. The maximum Gasteiger partial charge on any atom is 0.180 e. The Kier molecular flexibility index (Phi) is 6.05. The van der Waals surface area contributed by atoms with E-state index in [9.17, 15) is 8.42 Å². The van der Waals surface area contributed by atoms with Gasteiger partial charge in [0.05, 0.1) is 27.4 Å². The number of benzene rings is 3. The predicted octanol–water partition coefficient (Wildman–Crippen LogP) is 5.34. The molecule has 6 aromatic rings. The summed E-state index contributed by atoms with van der Waals surface area (Å²) in [6.45, 7) is 0. The molecular weight excluding hydrogens is 496 g/mol. The fourth-order valence-electron chi connectivity index (χ4n) is 4.61. The third-order valence-electron chi connectivity index (χ3n) is 6.55. The van der Waals surface area contributed by atoms with E-state index in [-0.39, 0.29) is 10.6 Å². The molecule has 6 rings (SSSR count). The number of nitrogens with zero attached hydrogens (tertiary/aromatic N) is 5. The van der Waals surface area contributed by atoms with Crippen LogP contribution < -0.4 is 5.32 Å². The van der Waals surface area contributed by atoms with E-state index in [2.05, 4.69) is 54.1 Å². The molecule has 0 unspecified atom stereocenters. The first-order chi connectivity index (χ1) is 18.5. The summed E-state index contributed by atoms with van der Waals surface area (Å²) in [5.41, 5.74) is 6.50. The molecule has 0 spiro atoms. The second-order valence-corrected chi connectivity index (χ2v) is 11.2. The number of para-hydroxylation sites is 1. The highest BCUT2D eigenvalue weighted by atomic mass is 32.2. The van der Waals surface area contributed by atoms with E-state index in [1.165, 1.54) is 6.33 Å². The number of anilines is 2. The molecule has 0 saturated carbocycles. The quantitative estimate of drug-likeness (QED) is 0.303. The molecule has 0 fully saturated rings. The molecule has 38 heavy (non-hydrogen) atoms. The van der Waals surface area contributed by atoms with Gasteiger partial charge < -0.3 is 9.88 Å². The van der Waals surface area contributed by atoms with Crippen molar-refractivity contribution in [1.29, 1.82) is 0 Å². The Balaban J connectivity index is 1.39. The summed E-state index contributed by atoms with van der Waals surface area (Å²) in [7, 11) is -1.57. The van der Waals surface area contributed by atoms with Crippen molar-refractivity contribution in [2.24, 2.45) is 7.05 Å². The van der Waals surface area contributed by atoms with Crippen LogP contribution in [0, 0.1) is 0 Å². The minimum Gasteiger partial charge on any atom is -0.354 e. The number of aryl methyl sites for hydroxylation is 2. The van der Waals surface area contributed by atoms with Crippen LogP contribution in [-0.4, -0.2) is 38.7 Å². The molecule has 188 valence electrons. The van der Waals surface area contributed by atoms with Crippen molar-refractivity contribution in [3.05, 3.63) is 104 Å². The predicted molar refractivity (Wildman–Crippen MR) is 149 cm³/mol. The molecule has 0 radical (unpaired) electrons. The maximum absolute atomic E-state index is 13.3. The number of nitrogens with one attached hydrogen (secondary N) is 1. The van der Waals surface area contributed by atoms with Gasteiger partial charge in [0.2, 0.25) is 0 Å². The molecule has 0 aliphatic carbocycles. The molecule has 1 N–H and O–H groups in total. The van der Waals surface area contributed by atoms with Crippen molar-refractivity contribution in [2.75, 3.05) is 11.1 Å². The van der Waals surface area contributed by atoms with Gasteiger partial charge in [0.25, 0.3) is 0 Å². The van der Waals surface area contributed by atoms with Gasteiger partial charge in [-0.2, -0.15) is 0 Å². The highest BCUT2D eigenvalue weighted by molar-refractivity contribution is 7.91. The largest absolute Gasteiger partial charge is 0.354 e. The van der Waals surface area contributed by atoms with Crippen molar-refractivity contribution in [3.8, 4) is 11.1 Å². The molecule has 0 amide bonds. The van der Waals surface area contributed by atoms with Crippen LogP contribution >= 0.6 is 0 Å². The average molecular weight is 521 g/mol. The molecule has 0 bridgehead atoms. The van der Waals surface area contributed by atoms with Crippen LogP contribution in [0.15, 0.2) is 103 Å². The van der Waals surface area contributed by atoms with E-state index < -0.39 is 9.84 Å². The topological polar surface area (TPSA) is 103 Å². The van der Waals surface area contributed by atoms with Gasteiger partial charge >= 0.3 is 0 Å². The number of aromatic nitrogens is 5. The summed E-state index contributed by atoms with van der Waals surface area (Å²) in [4.78, 5) is 17.3. The molecule has 9 heteroatoms. The number of rotatable bonds is 7. The Labute approximate surface area is 220 Å². The SMILES string of the molecule is Cn1ccc2ccc(-c3cc(Nc4ccccc4S(=O)(=O)CCc4cncnc4)cc4nccnc34)cc21. The minimum absolute atomic E-state index is 0.0514. The van der Waals surface area contributed by atoms with Crippen LogP contribution in [0.2, 0.25) is 0 Å². The third kappa shape index (κ3) is 4.59. The van der Waals surface area contributed by atoms with Crippen LogP contribution in [0.25, 0.3) is 33.1 Å². The van der Waals surface area contributed by atoms with E-state index in [1.807, 2.05) is 31.4 Å². The van der Waals surface area contributed by atoms with Gasteiger partial charge in [0, 0.05) is 54.8 Å². The summed E-state index contributed by atoms with van der Waals surface area (Å²) in [5.74, 6) is -0.0514. The Morgan fingerprint density at radius 2 is 1.74 bits per heavy atom. The molecule has 3 aromatic heterocycles. The number of hydrogen-bond donors (Lipinski definition) is 1. The average Bonchev–Trinajstić information content (AvgIpc) is 3.32. The van der Waals surface area contributed by atoms with Crippen LogP contribution in [0.1, 0.15) is 5.56 Å². The first-order valence-corrected chi connectivity index (χ1v) is 13.8. The fourth-order valence-corrected chi connectivity index (χ4v) is 6.08. The van der Waals surface area contributed by atoms with Crippen LogP contribution in [0.4, 0.5) is 11.4 Å². The van der Waals surface area contributed by atoms with Gasteiger partial charge in [-0.3, -0.25) is 9.97 Å². The van der Waals surface area contributed by atoms with Gasteiger partial charge in [-0.25, -0.2) is 18.4 Å². The van der Waals surface area contributed by atoms with Crippen LogP contribution in [0.3, 0.4) is 0 Å². The normalized spacial score (nSPS) is 11.7. The lowest BCUT2D eigenvalue weighted by Crippen LogP contribution is -2.11. The highest BCUT2D eigenvalue weighted by Gasteiger charge is 2.19. The van der Waals surface area contributed by atoms with Gasteiger partial charge in [0.1, 0.15) is 6.33 Å². The zero-order valence-corrected chi connectivity index (χ0v) is 21.4. The molecular formula is C29H24N6O2S. The summed E-state index contributed by atoms with van der Waals surface area (Å²) >= 11 is 0. The Hall–Kier alpha value is -4.63. The minimum atomic E-state index is -3.59. The first-order valence-electron chi connectivity index (χ1n) is 12.1. The summed E-state index contributed by atoms with van der Waals surface area (Å²) < 4.78 is 28.8. The van der Waals surface area contributed by atoms with Crippen molar-refractivity contribution in [1.82, 2.24) is 24.5 Å². The second kappa shape index (κ2) is 9.68. The lowest BCUT2D eigenvalue weighted by molar-refractivity contribution is 0.595. The van der Waals surface area contributed by atoms with Crippen molar-refractivity contribution < 1.29 is 8.42 Å². The zero-order valence-electron chi connectivity index (χ0n) is 20.6. The lowest BCUT2D eigenvalue weighted by atomic mass is 10.0. The smallest absolute Gasteiger partial charge is 0.180 e. The summed E-state index contributed by atoms with van der Waals surface area (Å²) in [6, 6.07) is 19.2. The third-order valence-corrected chi connectivity index (χ3v) is 8.32. The van der Waals surface area contributed by atoms with Gasteiger partial charge in [-0.15, -0.1) is 0 Å². The summed E-state index contributed by atoms with van der Waals surface area (Å²) in [5, 5.41) is 4.50. The number of sulfone groups is 1. The van der Waals surface area contributed by atoms with Crippen molar-refractivity contribution >= 4 is 43.1 Å². The van der Waals surface area contributed by atoms with Crippen molar-refractivity contribution in [2.45, 2.75) is 11.3 Å². The highest BCUT2D eigenvalue weighted by Crippen LogP contribution is 2.34. The van der Waals surface area contributed by atoms with Crippen molar-refractivity contribution in [3.63, 3.8) is 0 Å².